The monoisotopic (exact) mass is 274 g/mol. The highest BCUT2D eigenvalue weighted by Gasteiger charge is 2.20. The molecule has 0 aromatic heterocycles. The summed E-state index contributed by atoms with van der Waals surface area (Å²) in [5, 5.41) is 0. The topological polar surface area (TPSA) is 9.23 Å². The van der Waals surface area contributed by atoms with E-state index in [1.54, 1.807) is 7.11 Å². The average Bonchev–Trinajstić information content (AvgIpc) is 2.67. The van der Waals surface area contributed by atoms with Gasteiger partial charge in [-0.3, -0.25) is 0 Å². The van der Waals surface area contributed by atoms with Crippen molar-refractivity contribution in [1.82, 2.24) is 0 Å². The fraction of sp³-hybridized carbons (Fsp3) is 0.143. The van der Waals surface area contributed by atoms with Gasteiger partial charge in [-0.2, -0.15) is 0 Å². The zero-order valence-corrected chi connectivity index (χ0v) is 10.5. The van der Waals surface area contributed by atoms with Crippen LogP contribution < -0.4 is 4.74 Å². The lowest BCUT2D eigenvalue weighted by Crippen LogP contribution is -1.85. The van der Waals surface area contributed by atoms with Crippen LogP contribution in [0.25, 0.3) is 11.1 Å². The molecule has 2 aromatic rings. The highest BCUT2D eigenvalue weighted by molar-refractivity contribution is 9.10. The Morgan fingerprint density at radius 3 is 2.81 bits per heavy atom. The highest BCUT2D eigenvalue weighted by atomic mass is 79.9. The van der Waals surface area contributed by atoms with E-state index in [0.29, 0.717) is 0 Å². The summed E-state index contributed by atoms with van der Waals surface area (Å²) in [6.45, 7) is 0. The number of methoxy groups -OCH3 is 1. The summed E-state index contributed by atoms with van der Waals surface area (Å²) in [4.78, 5) is 0. The fourth-order valence-corrected chi connectivity index (χ4v) is 2.93. The summed E-state index contributed by atoms with van der Waals surface area (Å²) in [5.41, 5.74) is 5.39. The molecule has 0 bridgehead atoms. The van der Waals surface area contributed by atoms with Crippen LogP contribution in [0.5, 0.6) is 5.75 Å². The zero-order chi connectivity index (χ0) is 11.1. The first-order valence-electron chi connectivity index (χ1n) is 5.24. The molecule has 0 heterocycles. The van der Waals surface area contributed by atoms with E-state index in [9.17, 15) is 0 Å². The van der Waals surface area contributed by atoms with E-state index < -0.39 is 0 Å². The van der Waals surface area contributed by atoms with Gasteiger partial charge in [-0.05, 0) is 46.9 Å². The molecular weight excluding hydrogens is 264 g/mol. The molecule has 1 nitrogen and oxygen atoms in total. The molecule has 0 spiro atoms. The minimum absolute atomic E-state index is 0.933. The van der Waals surface area contributed by atoms with Crippen LogP contribution in [-0.2, 0) is 6.42 Å². The minimum Gasteiger partial charge on any atom is -0.497 e. The van der Waals surface area contributed by atoms with E-state index in [-0.39, 0.29) is 0 Å². The number of fused-ring (bicyclic) bond motifs is 3. The van der Waals surface area contributed by atoms with Crippen molar-refractivity contribution in [2.45, 2.75) is 6.42 Å². The van der Waals surface area contributed by atoms with Crippen molar-refractivity contribution in [3.63, 3.8) is 0 Å². The van der Waals surface area contributed by atoms with Gasteiger partial charge in [0.1, 0.15) is 5.75 Å². The average molecular weight is 275 g/mol. The molecular formula is C14H11BrO. The lowest BCUT2D eigenvalue weighted by molar-refractivity contribution is 0.414. The summed E-state index contributed by atoms with van der Waals surface area (Å²) >= 11 is 3.62. The lowest BCUT2D eigenvalue weighted by Gasteiger charge is -2.05. The molecule has 3 rings (SSSR count). The zero-order valence-electron chi connectivity index (χ0n) is 8.96. The van der Waals surface area contributed by atoms with Gasteiger partial charge in [0.15, 0.2) is 0 Å². The third kappa shape index (κ3) is 1.37. The van der Waals surface area contributed by atoms with E-state index in [4.69, 9.17) is 4.74 Å². The molecule has 16 heavy (non-hydrogen) atoms. The third-order valence-electron chi connectivity index (χ3n) is 3.06. The van der Waals surface area contributed by atoms with E-state index >= 15 is 0 Å². The Balaban J connectivity index is 2.22. The number of halogens is 1. The number of hydrogen-bond acceptors (Lipinski definition) is 1. The predicted molar refractivity (Wildman–Crippen MR) is 68.9 cm³/mol. The van der Waals surface area contributed by atoms with Crippen molar-refractivity contribution >= 4 is 15.9 Å². The summed E-state index contributed by atoms with van der Waals surface area (Å²) in [6, 6.07) is 12.7. The minimum atomic E-state index is 0.933. The van der Waals surface area contributed by atoms with Crippen LogP contribution >= 0.6 is 15.9 Å². The molecule has 2 heteroatoms. The van der Waals surface area contributed by atoms with Crippen LogP contribution in [0.15, 0.2) is 40.9 Å². The maximum Gasteiger partial charge on any atom is 0.119 e. The molecule has 0 aliphatic heterocycles. The van der Waals surface area contributed by atoms with Crippen LogP contribution in [0.4, 0.5) is 0 Å². The third-order valence-corrected chi connectivity index (χ3v) is 3.72. The van der Waals surface area contributed by atoms with Crippen LogP contribution in [-0.4, -0.2) is 7.11 Å². The summed E-state index contributed by atoms with van der Waals surface area (Å²) in [5.74, 6) is 0.933. The summed E-state index contributed by atoms with van der Waals surface area (Å²) in [7, 11) is 1.71. The Labute approximate surface area is 103 Å². The first-order chi connectivity index (χ1) is 7.79. The molecule has 0 amide bonds. The molecule has 0 saturated heterocycles. The molecule has 0 unspecified atom stereocenters. The lowest BCUT2D eigenvalue weighted by atomic mass is 10.1. The first-order valence-corrected chi connectivity index (χ1v) is 6.03. The van der Waals surface area contributed by atoms with Gasteiger partial charge in [0.05, 0.1) is 7.11 Å². The fourth-order valence-electron chi connectivity index (χ4n) is 2.31. The van der Waals surface area contributed by atoms with E-state index in [1.807, 2.05) is 6.07 Å². The molecule has 1 aliphatic carbocycles. The first kappa shape index (κ1) is 9.91. The Morgan fingerprint density at radius 1 is 1.12 bits per heavy atom. The van der Waals surface area contributed by atoms with Crippen molar-refractivity contribution in [2.75, 3.05) is 7.11 Å². The number of hydrogen-bond donors (Lipinski definition) is 0. The molecule has 1 aliphatic rings. The van der Waals surface area contributed by atoms with Gasteiger partial charge >= 0.3 is 0 Å². The normalized spacial score (nSPS) is 12.1. The molecule has 0 atom stereocenters. The SMILES string of the molecule is COc1ccc2c(c1)Cc1cccc(Br)c1-2. The van der Waals surface area contributed by atoms with Crippen LogP contribution in [0.1, 0.15) is 11.1 Å². The van der Waals surface area contributed by atoms with E-state index in [1.165, 1.54) is 26.7 Å². The molecule has 0 fully saturated rings. The quantitative estimate of drug-likeness (QED) is 0.651. The van der Waals surface area contributed by atoms with Crippen molar-refractivity contribution in [3.8, 4) is 16.9 Å². The van der Waals surface area contributed by atoms with Crippen molar-refractivity contribution in [1.29, 1.82) is 0 Å². The predicted octanol–water partition coefficient (Wildman–Crippen LogP) is 4.03. The molecule has 0 radical (unpaired) electrons. The Morgan fingerprint density at radius 2 is 2.00 bits per heavy atom. The van der Waals surface area contributed by atoms with Gasteiger partial charge in [-0.15, -0.1) is 0 Å². The van der Waals surface area contributed by atoms with Crippen LogP contribution in [0.2, 0.25) is 0 Å². The van der Waals surface area contributed by atoms with Gasteiger partial charge in [-0.25, -0.2) is 0 Å². The smallest absolute Gasteiger partial charge is 0.119 e. The van der Waals surface area contributed by atoms with Crippen LogP contribution in [0.3, 0.4) is 0 Å². The van der Waals surface area contributed by atoms with Crippen molar-refractivity contribution < 1.29 is 4.74 Å². The van der Waals surface area contributed by atoms with Gasteiger partial charge < -0.3 is 4.74 Å². The summed E-state index contributed by atoms with van der Waals surface area (Å²) < 4.78 is 6.43. The second-order valence-corrected chi connectivity index (χ2v) is 4.83. The Hall–Kier alpha value is -1.28. The molecule has 0 N–H and O–H groups in total. The van der Waals surface area contributed by atoms with E-state index in [0.717, 1.165) is 12.2 Å². The van der Waals surface area contributed by atoms with Gasteiger partial charge in [0.25, 0.3) is 0 Å². The Bertz CT molecular complexity index is 561. The van der Waals surface area contributed by atoms with Gasteiger partial charge in [-0.1, -0.05) is 34.1 Å². The largest absolute Gasteiger partial charge is 0.497 e. The number of rotatable bonds is 1. The molecule has 80 valence electrons. The molecule has 2 aromatic carbocycles. The second-order valence-electron chi connectivity index (χ2n) is 3.97. The Kier molecular flexibility index (Phi) is 2.25. The summed E-state index contributed by atoms with van der Waals surface area (Å²) in [6.07, 6.45) is 1.00. The van der Waals surface area contributed by atoms with Crippen molar-refractivity contribution in [2.24, 2.45) is 0 Å². The highest BCUT2D eigenvalue weighted by Crippen LogP contribution is 2.42. The maximum atomic E-state index is 5.26. The van der Waals surface area contributed by atoms with Gasteiger partial charge in [0, 0.05) is 4.47 Å². The van der Waals surface area contributed by atoms with Crippen molar-refractivity contribution in [3.05, 3.63) is 52.0 Å². The second kappa shape index (κ2) is 3.63. The number of ether oxygens (including phenoxy) is 1. The maximum absolute atomic E-state index is 5.26. The molecule has 0 saturated carbocycles. The van der Waals surface area contributed by atoms with Gasteiger partial charge in [0.2, 0.25) is 0 Å². The van der Waals surface area contributed by atoms with Crippen LogP contribution in [0, 0.1) is 0 Å². The van der Waals surface area contributed by atoms with E-state index in [2.05, 4.69) is 46.3 Å². The number of benzene rings is 2. The standard InChI is InChI=1S/C14H11BrO/c1-16-11-5-6-12-10(8-11)7-9-3-2-4-13(15)14(9)12/h2-6,8H,7H2,1H3.